The van der Waals surface area contributed by atoms with Crippen LogP contribution in [0.15, 0.2) is 72.2 Å². The second kappa shape index (κ2) is 20.4. The maximum Gasteiger partial charge on any atom is 0.326 e. The molecule has 2 aliphatic heterocycles. The molecule has 10 heteroatoms. The number of amides is 1. The summed E-state index contributed by atoms with van der Waals surface area (Å²) >= 11 is 0. The predicted octanol–water partition coefficient (Wildman–Crippen LogP) is 5.11. The average molecular weight is 626 g/mol. The number of nitrogens with two attached hydrogens (primary N) is 1. The van der Waals surface area contributed by atoms with Crippen molar-refractivity contribution in [2.45, 2.75) is 103 Å². The van der Waals surface area contributed by atoms with Crippen LogP contribution in [0.25, 0.3) is 0 Å². The van der Waals surface area contributed by atoms with E-state index in [2.05, 4.69) is 55.2 Å². The molecule has 45 heavy (non-hydrogen) atoms. The number of nitrogens with one attached hydrogen (secondary N) is 4. The molecule has 1 aromatic carbocycles. The van der Waals surface area contributed by atoms with Gasteiger partial charge < -0.3 is 36.3 Å². The maximum atomic E-state index is 12.4. The Kier molecular flexibility index (Phi) is 17.1. The van der Waals surface area contributed by atoms with Crippen LogP contribution in [0.3, 0.4) is 0 Å². The number of anilines is 1. The second-order valence-corrected chi connectivity index (χ2v) is 11.6. The molecule has 10 nitrogen and oxygen atoms in total. The van der Waals surface area contributed by atoms with Gasteiger partial charge in [-0.15, -0.1) is 0 Å². The quantitative estimate of drug-likeness (QED) is 0.0888. The van der Waals surface area contributed by atoms with Crippen LogP contribution in [0.2, 0.25) is 0 Å². The molecule has 4 unspecified atom stereocenters. The third-order valence-corrected chi connectivity index (χ3v) is 7.52. The third-order valence-electron chi connectivity index (χ3n) is 7.52. The first-order valence-corrected chi connectivity index (χ1v) is 16.1. The zero-order chi connectivity index (χ0) is 33.2. The number of carbonyl (C=O) groups excluding carboxylic acids is 1. The van der Waals surface area contributed by atoms with Gasteiger partial charge in [0, 0.05) is 24.4 Å². The molecule has 0 aromatic heterocycles. The maximum absolute atomic E-state index is 12.4. The van der Waals surface area contributed by atoms with Crippen LogP contribution in [0.4, 0.5) is 5.69 Å². The number of allylic oxidation sites excluding steroid dienone is 4. The van der Waals surface area contributed by atoms with Crippen molar-refractivity contribution < 1.29 is 24.2 Å². The van der Waals surface area contributed by atoms with Crippen LogP contribution < -0.4 is 27.0 Å². The first-order chi connectivity index (χ1) is 21.6. The Morgan fingerprint density at radius 1 is 1.18 bits per heavy atom. The van der Waals surface area contributed by atoms with Crippen molar-refractivity contribution in [2.75, 3.05) is 25.2 Å². The van der Waals surface area contributed by atoms with Gasteiger partial charge in [0.25, 0.3) is 0 Å². The summed E-state index contributed by atoms with van der Waals surface area (Å²) in [7, 11) is 0. The van der Waals surface area contributed by atoms with Crippen molar-refractivity contribution in [2.24, 2.45) is 5.73 Å². The van der Waals surface area contributed by atoms with E-state index in [1.165, 1.54) is 29.7 Å². The van der Waals surface area contributed by atoms with Crippen LogP contribution in [-0.2, 0) is 25.5 Å². The first-order valence-electron chi connectivity index (χ1n) is 16.1. The highest BCUT2D eigenvalue weighted by molar-refractivity contribution is 5.87. The van der Waals surface area contributed by atoms with E-state index < -0.39 is 18.1 Å². The molecule has 1 saturated carbocycles. The van der Waals surface area contributed by atoms with E-state index in [1.807, 2.05) is 30.3 Å². The zero-order valence-electron chi connectivity index (χ0n) is 27.6. The SMILES string of the molecule is C=C(N)NCCCCC(Nc1ccc(CC(NC(=O)C2NCOC2C)C(=O)O)cc1)=C1CCC1.C=C/C=C(\C)C1CO1.CCC. The number of benzene rings is 1. The molecule has 0 bridgehead atoms. The van der Waals surface area contributed by atoms with Crippen LogP contribution >= 0.6 is 0 Å². The Labute approximate surface area is 269 Å². The van der Waals surface area contributed by atoms with Gasteiger partial charge in [-0.25, -0.2) is 4.79 Å². The van der Waals surface area contributed by atoms with Crippen molar-refractivity contribution in [1.82, 2.24) is 16.0 Å². The standard InChI is InChI=1S/C25H37N5O4.C7H10O.C3H8/c1-16-23(28-15-34-16)24(31)30-22(25(32)33)14-18-9-11-20(12-10-18)29-21(19-6-5-7-19)8-3-4-13-27-17(2)26;1-3-4-6(2)7-5-8-7;1-3-2/h9-12,16,22-23,27-29H,2-8,13-15,26H2,1H3,(H,30,31)(H,32,33);3-4,7H,1,5H2,2H3;3H2,1-2H3/b;6-4+;. The van der Waals surface area contributed by atoms with Crippen LogP contribution in [0.1, 0.15) is 78.2 Å². The molecule has 3 fully saturated rings. The molecule has 1 aromatic rings. The highest BCUT2D eigenvalue weighted by atomic mass is 16.6. The molecule has 3 aliphatic rings. The van der Waals surface area contributed by atoms with Gasteiger partial charge >= 0.3 is 5.97 Å². The molecular weight excluding hydrogens is 570 g/mol. The van der Waals surface area contributed by atoms with Crippen molar-refractivity contribution in [1.29, 1.82) is 0 Å². The smallest absolute Gasteiger partial charge is 0.326 e. The molecule has 1 amide bonds. The summed E-state index contributed by atoms with van der Waals surface area (Å²) in [4.78, 5) is 24.2. The van der Waals surface area contributed by atoms with E-state index in [-0.39, 0.29) is 25.2 Å². The second-order valence-electron chi connectivity index (χ2n) is 11.6. The fourth-order valence-electron chi connectivity index (χ4n) is 4.70. The molecule has 1 aliphatic carbocycles. The molecule has 4 atom stereocenters. The zero-order valence-corrected chi connectivity index (χ0v) is 27.6. The fourth-order valence-corrected chi connectivity index (χ4v) is 4.70. The Morgan fingerprint density at radius 2 is 1.84 bits per heavy atom. The van der Waals surface area contributed by atoms with Gasteiger partial charge in [-0.3, -0.25) is 10.1 Å². The summed E-state index contributed by atoms with van der Waals surface area (Å²) in [5.41, 5.74) is 11.4. The summed E-state index contributed by atoms with van der Waals surface area (Å²) in [6.45, 7) is 17.3. The Bertz CT molecular complexity index is 1150. The predicted molar refractivity (Wildman–Crippen MR) is 181 cm³/mol. The van der Waals surface area contributed by atoms with E-state index in [4.69, 9.17) is 15.2 Å². The fraction of sp³-hybridized carbons (Fsp3) is 0.543. The van der Waals surface area contributed by atoms with E-state index in [1.54, 1.807) is 13.0 Å². The number of aliphatic carboxylic acids is 1. The topological polar surface area (TPSA) is 150 Å². The molecule has 4 rings (SSSR count). The molecule has 0 radical (unpaired) electrons. The molecule has 250 valence electrons. The van der Waals surface area contributed by atoms with Crippen molar-refractivity contribution in [3.05, 3.63) is 77.8 Å². The third kappa shape index (κ3) is 14.4. The van der Waals surface area contributed by atoms with E-state index >= 15 is 0 Å². The number of hydrogen-bond donors (Lipinski definition) is 6. The van der Waals surface area contributed by atoms with Crippen molar-refractivity contribution in [3.8, 4) is 0 Å². The van der Waals surface area contributed by atoms with E-state index in [0.717, 1.165) is 56.5 Å². The summed E-state index contributed by atoms with van der Waals surface area (Å²) < 4.78 is 10.3. The number of hydrogen-bond acceptors (Lipinski definition) is 8. The highest BCUT2D eigenvalue weighted by Crippen LogP contribution is 2.31. The number of carboxylic acids is 1. The monoisotopic (exact) mass is 625 g/mol. The summed E-state index contributed by atoms with van der Waals surface area (Å²) in [5, 5.41) is 21.8. The van der Waals surface area contributed by atoms with Gasteiger partial charge in [0.1, 0.15) is 18.2 Å². The van der Waals surface area contributed by atoms with Gasteiger partial charge in [-0.2, -0.15) is 0 Å². The lowest BCUT2D eigenvalue weighted by Crippen LogP contribution is -2.51. The van der Waals surface area contributed by atoms with Gasteiger partial charge in [-0.05, 0) is 75.6 Å². The van der Waals surface area contributed by atoms with Crippen LogP contribution in [0.5, 0.6) is 0 Å². The van der Waals surface area contributed by atoms with Crippen LogP contribution in [-0.4, -0.2) is 61.2 Å². The van der Waals surface area contributed by atoms with Gasteiger partial charge in [0.15, 0.2) is 0 Å². The first kappa shape index (κ1) is 37.6. The van der Waals surface area contributed by atoms with Gasteiger partial charge in [-0.1, -0.05) is 63.3 Å². The van der Waals surface area contributed by atoms with Crippen molar-refractivity contribution >= 4 is 17.6 Å². The van der Waals surface area contributed by atoms with Crippen LogP contribution in [0, 0.1) is 0 Å². The summed E-state index contributed by atoms with van der Waals surface area (Å²) in [5.74, 6) is -0.926. The molecule has 2 heterocycles. The number of rotatable bonds is 15. The largest absolute Gasteiger partial charge is 0.480 e. The summed E-state index contributed by atoms with van der Waals surface area (Å²) in [6, 6.07) is 6.18. The number of epoxide rings is 1. The van der Waals surface area contributed by atoms with Gasteiger partial charge in [0.05, 0.1) is 25.3 Å². The minimum atomic E-state index is -1.06. The number of carbonyl (C=O) groups is 2. The minimum absolute atomic E-state index is 0.205. The number of carboxylic acid groups (broad SMARTS) is 1. The Morgan fingerprint density at radius 3 is 2.33 bits per heavy atom. The van der Waals surface area contributed by atoms with E-state index in [0.29, 0.717) is 11.9 Å². The molecule has 2 saturated heterocycles. The number of unbranched alkanes of at least 4 members (excludes halogenated alkanes) is 1. The lowest BCUT2D eigenvalue weighted by Gasteiger charge is -2.24. The molecular formula is C35H55N5O5. The normalized spacial score (nSPS) is 20.6. The summed E-state index contributed by atoms with van der Waals surface area (Å²) in [6.07, 6.45) is 11.9. The van der Waals surface area contributed by atoms with Crippen molar-refractivity contribution in [3.63, 3.8) is 0 Å². The lowest BCUT2D eigenvalue weighted by atomic mass is 9.89. The van der Waals surface area contributed by atoms with Gasteiger partial charge in [0.2, 0.25) is 5.91 Å². The Hall–Kier alpha value is -3.60. The van der Waals surface area contributed by atoms with E-state index in [9.17, 15) is 14.7 Å². The minimum Gasteiger partial charge on any atom is -0.480 e. The highest BCUT2D eigenvalue weighted by Gasteiger charge is 2.33. The molecule has 0 spiro atoms. The average Bonchev–Trinajstić information content (AvgIpc) is 3.73. The number of ether oxygens (including phenoxy) is 2. The molecule has 7 N–H and O–H groups in total. The Balaban J connectivity index is 0.000000542. The lowest BCUT2D eigenvalue weighted by molar-refractivity contribution is -0.142.